The van der Waals surface area contributed by atoms with Gasteiger partial charge in [0.15, 0.2) is 5.78 Å². The highest BCUT2D eigenvalue weighted by atomic mass is 79.9. The first kappa shape index (κ1) is 27.9. The van der Waals surface area contributed by atoms with Crippen LogP contribution in [0, 0.1) is 0 Å². The Labute approximate surface area is 233 Å². The standard InChI is InChI=1S/C29H20Br2F4O3/c30-28(32,33)37-23-11-13-25(21(17-23)15-19-7-3-1-4-8-19)27(36)26-14-12-24(38-29(31,34)35)18-22(26)16-20-9-5-2-6-10-20/h1-14,17-18H,15-16H2. The smallest absolute Gasteiger partial charge is 0.424 e. The molecule has 196 valence electrons. The Morgan fingerprint density at radius 3 is 1.32 bits per heavy atom. The van der Waals surface area contributed by atoms with Crippen LogP contribution in [0.4, 0.5) is 17.6 Å². The van der Waals surface area contributed by atoms with E-state index in [1.807, 2.05) is 60.7 Å². The molecule has 0 unspecified atom stereocenters. The van der Waals surface area contributed by atoms with Gasteiger partial charge in [0.25, 0.3) is 0 Å². The van der Waals surface area contributed by atoms with E-state index >= 15 is 0 Å². The third-order valence-corrected chi connectivity index (χ3v) is 5.91. The predicted octanol–water partition coefficient (Wildman–Crippen LogP) is 8.75. The minimum absolute atomic E-state index is 0.123. The topological polar surface area (TPSA) is 35.5 Å². The molecule has 3 nitrogen and oxygen atoms in total. The van der Waals surface area contributed by atoms with E-state index in [-0.39, 0.29) is 35.5 Å². The number of ketones is 1. The van der Waals surface area contributed by atoms with Crippen molar-refractivity contribution >= 4 is 37.6 Å². The third kappa shape index (κ3) is 7.91. The number of hydrogen-bond donors (Lipinski definition) is 0. The number of benzene rings is 4. The molecule has 0 N–H and O–H groups in total. The molecule has 0 aliphatic carbocycles. The van der Waals surface area contributed by atoms with E-state index in [1.165, 1.54) is 36.4 Å². The van der Waals surface area contributed by atoms with Gasteiger partial charge in [-0.25, -0.2) is 0 Å². The van der Waals surface area contributed by atoms with E-state index in [4.69, 9.17) is 0 Å². The van der Waals surface area contributed by atoms with Crippen LogP contribution in [0.1, 0.15) is 38.2 Å². The number of carbonyl (C=O) groups excluding carboxylic acids is 1. The molecule has 0 aliphatic heterocycles. The summed E-state index contributed by atoms with van der Waals surface area (Å²) < 4.78 is 63.2. The lowest BCUT2D eigenvalue weighted by Crippen LogP contribution is -2.16. The lowest BCUT2D eigenvalue weighted by Gasteiger charge is -2.17. The zero-order chi connectivity index (χ0) is 27.3. The summed E-state index contributed by atoms with van der Waals surface area (Å²) in [7, 11) is 0. The van der Waals surface area contributed by atoms with E-state index in [2.05, 4.69) is 41.3 Å². The maximum atomic E-state index is 13.9. The van der Waals surface area contributed by atoms with Crippen molar-refractivity contribution in [1.82, 2.24) is 0 Å². The van der Waals surface area contributed by atoms with Crippen LogP contribution in [-0.2, 0) is 12.8 Å². The van der Waals surface area contributed by atoms with Crippen molar-refractivity contribution in [2.24, 2.45) is 0 Å². The largest absolute Gasteiger partial charge is 0.459 e. The van der Waals surface area contributed by atoms with Gasteiger partial charge in [-0.1, -0.05) is 60.7 Å². The fraction of sp³-hybridized carbons (Fsp3) is 0.138. The molecular weight excluding hydrogens is 632 g/mol. The van der Waals surface area contributed by atoms with Gasteiger partial charge in [0, 0.05) is 43.0 Å². The summed E-state index contributed by atoms with van der Waals surface area (Å²) in [5.41, 5.74) is 3.19. The molecule has 9 heteroatoms. The maximum absolute atomic E-state index is 13.9. The van der Waals surface area contributed by atoms with E-state index in [1.54, 1.807) is 0 Å². The minimum atomic E-state index is -3.58. The van der Waals surface area contributed by atoms with Gasteiger partial charge in [0.05, 0.1) is 0 Å². The zero-order valence-corrected chi connectivity index (χ0v) is 22.8. The molecule has 0 atom stereocenters. The molecule has 0 saturated carbocycles. The normalized spacial score (nSPS) is 11.7. The SMILES string of the molecule is O=C(c1ccc(OC(F)(F)Br)cc1Cc1ccccc1)c1ccc(OC(F)(F)Br)cc1Cc1ccccc1. The molecule has 0 fully saturated rings. The second kappa shape index (κ2) is 11.7. The monoisotopic (exact) mass is 650 g/mol. The molecular formula is C29H20Br2F4O3. The Balaban J connectivity index is 1.77. The molecule has 0 spiro atoms. The Kier molecular flexibility index (Phi) is 8.57. The zero-order valence-electron chi connectivity index (χ0n) is 19.6. The van der Waals surface area contributed by atoms with E-state index in [0.29, 0.717) is 11.1 Å². The number of rotatable bonds is 10. The third-order valence-electron chi connectivity index (χ3n) is 5.58. The van der Waals surface area contributed by atoms with Crippen molar-refractivity contribution < 1.29 is 31.8 Å². The summed E-state index contributed by atoms with van der Waals surface area (Å²) in [5, 5.41) is -7.17. The maximum Gasteiger partial charge on any atom is 0.459 e. The van der Waals surface area contributed by atoms with Crippen LogP contribution in [0.2, 0.25) is 0 Å². The Morgan fingerprint density at radius 2 is 0.974 bits per heavy atom. The molecule has 0 aliphatic rings. The molecule has 38 heavy (non-hydrogen) atoms. The summed E-state index contributed by atoms with van der Waals surface area (Å²) >= 11 is 4.34. The van der Waals surface area contributed by atoms with E-state index < -0.39 is 15.8 Å². The Bertz CT molecular complexity index is 1300. The Hall–Kier alpha value is -3.17. The highest BCUT2D eigenvalue weighted by Gasteiger charge is 2.29. The number of halogens is 6. The minimum Gasteiger partial charge on any atom is -0.424 e. The van der Waals surface area contributed by atoms with Crippen LogP contribution in [0.15, 0.2) is 97.1 Å². The van der Waals surface area contributed by atoms with Gasteiger partial charge in [-0.3, -0.25) is 4.79 Å². The van der Waals surface area contributed by atoms with Gasteiger partial charge in [0.2, 0.25) is 0 Å². The average Bonchev–Trinajstić information content (AvgIpc) is 2.83. The van der Waals surface area contributed by atoms with Crippen molar-refractivity contribution in [1.29, 1.82) is 0 Å². The molecule has 0 amide bonds. The van der Waals surface area contributed by atoms with Gasteiger partial charge in [-0.15, -0.1) is 0 Å². The lowest BCUT2D eigenvalue weighted by molar-refractivity contribution is -0.0810. The summed E-state index contributed by atoms with van der Waals surface area (Å²) in [6.45, 7) is 0. The summed E-state index contributed by atoms with van der Waals surface area (Å²) in [5.74, 6) is -0.638. The van der Waals surface area contributed by atoms with Crippen LogP contribution >= 0.6 is 31.9 Å². The number of hydrogen-bond acceptors (Lipinski definition) is 3. The van der Waals surface area contributed by atoms with E-state index in [0.717, 1.165) is 11.1 Å². The summed E-state index contributed by atoms with van der Waals surface area (Å²) in [6, 6.07) is 26.7. The molecule has 0 bridgehead atoms. The highest BCUT2D eigenvalue weighted by molar-refractivity contribution is 9.10. The second-order valence-corrected chi connectivity index (χ2v) is 10.2. The fourth-order valence-corrected chi connectivity index (χ4v) is 4.42. The van der Waals surface area contributed by atoms with Gasteiger partial charge < -0.3 is 9.47 Å². The Morgan fingerprint density at radius 1 is 0.605 bits per heavy atom. The van der Waals surface area contributed by atoms with E-state index in [9.17, 15) is 22.4 Å². The molecule has 4 rings (SSSR count). The van der Waals surface area contributed by atoms with Gasteiger partial charge in [0.1, 0.15) is 11.5 Å². The first-order valence-corrected chi connectivity index (χ1v) is 13.0. The average molecular weight is 652 g/mol. The highest BCUT2D eigenvalue weighted by Crippen LogP contribution is 2.33. The van der Waals surface area contributed by atoms with Crippen LogP contribution in [-0.4, -0.2) is 15.8 Å². The second-order valence-electron chi connectivity index (χ2n) is 8.39. The number of carbonyl (C=O) groups is 1. The van der Waals surface area contributed by atoms with Crippen molar-refractivity contribution in [2.75, 3.05) is 0 Å². The van der Waals surface area contributed by atoms with Crippen molar-refractivity contribution in [2.45, 2.75) is 22.9 Å². The van der Waals surface area contributed by atoms with Crippen molar-refractivity contribution in [3.05, 3.63) is 130 Å². The van der Waals surface area contributed by atoms with Crippen LogP contribution in [0.3, 0.4) is 0 Å². The number of ether oxygens (including phenoxy) is 2. The molecule has 0 saturated heterocycles. The van der Waals surface area contributed by atoms with Crippen LogP contribution in [0.5, 0.6) is 11.5 Å². The summed E-state index contributed by atoms with van der Waals surface area (Å²) in [6.07, 6.45) is 0.552. The lowest BCUT2D eigenvalue weighted by atomic mass is 9.90. The van der Waals surface area contributed by atoms with Crippen molar-refractivity contribution in [3.63, 3.8) is 0 Å². The van der Waals surface area contributed by atoms with Crippen molar-refractivity contribution in [3.8, 4) is 11.5 Å². The van der Waals surface area contributed by atoms with Crippen LogP contribution < -0.4 is 9.47 Å². The number of alkyl halides is 6. The first-order valence-electron chi connectivity index (χ1n) is 11.4. The molecule has 0 radical (unpaired) electrons. The van der Waals surface area contributed by atoms with Gasteiger partial charge in [-0.05, 0) is 71.5 Å². The molecule has 4 aromatic rings. The van der Waals surface area contributed by atoms with Gasteiger partial charge >= 0.3 is 10.0 Å². The predicted molar refractivity (Wildman–Crippen MR) is 144 cm³/mol. The molecule has 0 aromatic heterocycles. The summed E-state index contributed by atoms with van der Waals surface area (Å²) in [4.78, 5) is 13.9. The van der Waals surface area contributed by atoms with Gasteiger partial charge in [-0.2, -0.15) is 17.6 Å². The first-order chi connectivity index (χ1) is 18.0. The van der Waals surface area contributed by atoms with Crippen LogP contribution in [0.25, 0.3) is 0 Å². The molecule has 0 heterocycles. The fourth-order valence-electron chi connectivity index (χ4n) is 4.05. The molecule has 4 aromatic carbocycles. The quantitative estimate of drug-likeness (QED) is 0.0977.